The second kappa shape index (κ2) is 5.98. The molecule has 2 aromatic rings. The molecule has 1 aliphatic rings. The van der Waals surface area contributed by atoms with Crippen molar-refractivity contribution < 1.29 is 0 Å². The van der Waals surface area contributed by atoms with Crippen LogP contribution < -0.4 is 0 Å². The van der Waals surface area contributed by atoms with E-state index in [0.29, 0.717) is 0 Å². The highest BCUT2D eigenvalue weighted by atomic mass is 31.1. The van der Waals surface area contributed by atoms with Crippen molar-refractivity contribution in [2.24, 2.45) is 5.10 Å². The third kappa shape index (κ3) is 2.94. The van der Waals surface area contributed by atoms with Crippen LogP contribution in [0.4, 0.5) is 0 Å². The van der Waals surface area contributed by atoms with Gasteiger partial charge in [-0.2, -0.15) is 5.10 Å². The minimum absolute atomic E-state index is 0.764. The molecule has 1 aromatic heterocycles. The van der Waals surface area contributed by atoms with Crippen molar-refractivity contribution in [3.8, 4) is 0 Å². The van der Waals surface area contributed by atoms with Crippen LogP contribution in [0.5, 0.6) is 0 Å². The third-order valence-corrected chi connectivity index (χ3v) is 4.10. The zero-order valence-electron chi connectivity index (χ0n) is 11.3. The van der Waals surface area contributed by atoms with Gasteiger partial charge in [0, 0.05) is 36.0 Å². The first-order valence-corrected chi connectivity index (χ1v) is 7.83. The van der Waals surface area contributed by atoms with Crippen LogP contribution in [-0.4, -0.2) is 29.4 Å². The van der Waals surface area contributed by atoms with E-state index in [1.165, 1.54) is 0 Å². The summed E-state index contributed by atoms with van der Waals surface area (Å²) in [6, 6.07) is 10.4. The summed E-state index contributed by atoms with van der Waals surface area (Å²) in [6.07, 6.45) is 9.04. The Balaban J connectivity index is 2.00. The van der Waals surface area contributed by atoms with Gasteiger partial charge in [0.25, 0.3) is 0 Å². The molecule has 0 bridgehead atoms. The molecule has 0 fully saturated rings. The maximum atomic E-state index is 4.52. The molecule has 0 radical (unpaired) electrons. The lowest BCUT2D eigenvalue weighted by atomic mass is 10.1. The molecule has 1 atom stereocenters. The fourth-order valence-corrected chi connectivity index (χ4v) is 2.88. The summed E-state index contributed by atoms with van der Waals surface area (Å²) in [4.78, 5) is 4.52. The first-order valence-electron chi connectivity index (χ1n) is 6.55. The van der Waals surface area contributed by atoms with Crippen LogP contribution in [0.2, 0.25) is 0 Å². The SMILES string of the molecule is CN1/C=C\CP/C=C(c2cnc3ccccc3c2)/C=N\1. The van der Waals surface area contributed by atoms with Crippen LogP contribution in [-0.2, 0) is 0 Å². The maximum absolute atomic E-state index is 4.52. The van der Waals surface area contributed by atoms with Gasteiger partial charge in [0.1, 0.15) is 0 Å². The van der Waals surface area contributed by atoms with Gasteiger partial charge in [-0.25, -0.2) is 0 Å². The lowest BCUT2D eigenvalue weighted by Gasteiger charge is -2.06. The monoisotopic (exact) mass is 281 g/mol. The molecule has 0 saturated carbocycles. The number of pyridine rings is 1. The van der Waals surface area contributed by atoms with E-state index in [1.807, 2.05) is 48.9 Å². The average Bonchev–Trinajstić information content (AvgIpc) is 2.59. The Labute approximate surface area is 120 Å². The van der Waals surface area contributed by atoms with E-state index >= 15 is 0 Å². The number of aromatic nitrogens is 1. The van der Waals surface area contributed by atoms with Crippen molar-refractivity contribution in [1.82, 2.24) is 9.99 Å². The number of para-hydroxylation sites is 1. The zero-order chi connectivity index (χ0) is 13.8. The van der Waals surface area contributed by atoms with Gasteiger partial charge in [-0.3, -0.25) is 9.99 Å². The van der Waals surface area contributed by atoms with Gasteiger partial charge in [0.05, 0.1) is 11.7 Å². The van der Waals surface area contributed by atoms with E-state index in [-0.39, 0.29) is 0 Å². The number of hydrazone groups is 1. The largest absolute Gasteiger partial charge is 0.276 e. The highest BCUT2D eigenvalue weighted by molar-refractivity contribution is 7.42. The predicted molar refractivity (Wildman–Crippen MR) is 88.3 cm³/mol. The number of hydrogen-bond donors (Lipinski definition) is 0. The summed E-state index contributed by atoms with van der Waals surface area (Å²) in [5.41, 5.74) is 3.28. The van der Waals surface area contributed by atoms with E-state index in [2.05, 4.69) is 34.1 Å². The fourth-order valence-electron chi connectivity index (χ4n) is 2.06. The molecule has 4 heteroatoms. The minimum Gasteiger partial charge on any atom is -0.276 e. The summed E-state index contributed by atoms with van der Waals surface area (Å²) < 4.78 is 0. The van der Waals surface area contributed by atoms with Crippen molar-refractivity contribution in [3.05, 3.63) is 60.2 Å². The van der Waals surface area contributed by atoms with Crippen molar-refractivity contribution >= 4 is 31.3 Å². The number of benzene rings is 1. The van der Waals surface area contributed by atoms with Crippen molar-refractivity contribution in [3.63, 3.8) is 0 Å². The molecule has 0 spiro atoms. The van der Waals surface area contributed by atoms with Gasteiger partial charge in [0.2, 0.25) is 0 Å². The van der Waals surface area contributed by atoms with Gasteiger partial charge in [0.15, 0.2) is 0 Å². The fraction of sp³-hybridized carbons (Fsp3) is 0.125. The summed E-state index contributed by atoms with van der Waals surface area (Å²) in [6.45, 7) is 0. The predicted octanol–water partition coefficient (Wildman–Crippen LogP) is 3.70. The highest BCUT2D eigenvalue weighted by Gasteiger charge is 2.03. The third-order valence-electron chi connectivity index (χ3n) is 3.12. The molecule has 100 valence electrons. The van der Waals surface area contributed by atoms with Crippen LogP contribution in [0.3, 0.4) is 0 Å². The van der Waals surface area contributed by atoms with Crippen LogP contribution in [0.1, 0.15) is 5.56 Å². The van der Waals surface area contributed by atoms with Gasteiger partial charge in [-0.1, -0.05) is 38.7 Å². The van der Waals surface area contributed by atoms with Crippen molar-refractivity contribution in [2.75, 3.05) is 13.2 Å². The first-order chi connectivity index (χ1) is 9.83. The highest BCUT2D eigenvalue weighted by Crippen LogP contribution is 2.24. The lowest BCUT2D eigenvalue weighted by Crippen LogP contribution is -2.01. The average molecular weight is 281 g/mol. The molecule has 0 aliphatic carbocycles. The van der Waals surface area contributed by atoms with Gasteiger partial charge >= 0.3 is 0 Å². The van der Waals surface area contributed by atoms with E-state index in [9.17, 15) is 0 Å². The molecule has 1 unspecified atom stereocenters. The van der Waals surface area contributed by atoms with Crippen molar-refractivity contribution in [1.29, 1.82) is 0 Å². The van der Waals surface area contributed by atoms with Crippen LogP contribution >= 0.6 is 8.58 Å². The molecule has 3 nitrogen and oxygen atoms in total. The molecule has 3 rings (SSSR count). The quantitative estimate of drug-likeness (QED) is 0.746. The number of rotatable bonds is 1. The van der Waals surface area contributed by atoms with E-state index in [1.54, 1.807) is 0 Å². The Morgan fingerprint density at radius 2 is 2.15 bits per heavy atom. The van der Waals surface area contributed by atoms with Gasteiger partial charge in [-0.15, -0.1) is 0 Å². The molecule has 1 aromatic carbocycles. The van der Waals surface area contributed by atoms with E-state index in [4.69, 9.17) is 0 Å². The Morgan fingerprint density at radius 1 is 1.25 bits per heavy atom. The number of fused-ring (bicyclic) bond motifs is 1. The number of nitrogens with zero attached hydrogens (tertiary/aromatic N) is 3. The van der Waals surface area contributed by atoms with Crippen molar-refractivity contribution in [2.45, 2.75) is 0 Å². The Morgan fingerprint density at radius 3 is 3.10 bits per heavy atom. The lowest BCUT2D eigenvalue weighted by molar-refractivity contribution is 0.493. The Kier molecular flexibility index (Phi) is 3.89. The normalized spacial score (nSPS) is 22.6. The summed E-state index contributed by atoms with van der Waals surface area (Å²) in [5, 5.41) is 7.40. The zero-order valence-corrected chi connectivity index (χ0v) is 12.3. The maximum Gasteiger partial charge on any atom is 0.0702 e. The Hall–Kier alpha value is -1.99. The number of hydrogen-bond acceptors (Lipinski definition) is 3. The molecule has 0 N–H and O–H groups in total. The number of allylic oxidation sites excluding steroid dienone is 2. The Bertz CT molecular complexity index is 704. The van der Waals surface area contributed by atoms with Gasteiger partial charge in [-0.05, 0) is 18.3 Å². The van der Waals surface area contributed by atoms with Crippen LogP contribution in [0, 0.1) is 0 Å². The molecular weight excluding hydrogens is 265 g/mol. The van der Waals surface area contributed by atoms with E-state index in [0.717, 1.165) is 36.8 Å². The topological polar surface area (TPSA) is 28.5 Å². The molecule has 0 saturated heterocycles. The van der Waals surface area contributed by atoms with Crippen LogP contribution in [0.25, 0.3) is 16.5 Å². The smallest absolute Gasteiger partial charge is 0.0702 e. The summed E-state index contributed by atoms with van der Waals surface area (Å²) in [7, 11) is 2.71. The van der Waals surface area contributed by atoms with Crippen LogP contribution in [0.15, 0.2) is 59.7 Å². The molecule has 2 heterocycles. The first kappa shape index (κ1) is 13.0. The molecule has 0 amide bonds. The molecular formula is C16H16N3P. The standard InChI is InChI=1S/C16H16N3P/c1-19-7-4-8-20-12-15(11-18-19)14-9-13-5-2-3-6-16(13)17-10-14/h2-7,9-12,20H,8H2,1H3/b7-4-,15-12-,18-11-. The van der Waals surface area contributed by atoms with E-state index < -0.39 is 0 Å². The molecule has 20 heavy (non-hydrogen) atoms. The second-order valence-electron chi connectivity index (χ2n) is 4.63. The second-order valence-corrected chi connectivity index (χ2v) is 5.73. The summed E-state index contributed by atoms with van der Waals surface area (Å²) >= 11 is 0. The molecule has 1 aliphatic heterocycles. The minimum atomic E-state index is 0.764. The van der Waals surface area contributed by atoms with Gasteiger partial charge < -0.3 is 0 Å². The summed E-state index contributed by atoms with van der Waals surface area (Å²) in [5.74, 6) is 2.25.